The van der Waals surface area contributed by atoms with Crippen LogP contribution >= 0.6 is 0 Å². The van der Waals surface area contributed by atoms with Crippen molar-refractivity contribution in [3.05, 3.63) is 109 Å². The molecule has 7 nitrogen and oxygen atoms in total. The molecular weight excluding hydrogens is 488 g/mol. The lowest BCUT2D eigenvalue weighted by Crippen LogP contribution is -2.38. The number of hydrogen-bond acceptors (Lipinski definition) is 5. The van der Waals surface area contributed by atoms with Gasteiger partial charge in [-0.3, -0.25) is 9.10 Å². The van der Waals surface area contributed by atoms with Gasteiger partial charge in [0.05, 0.1) is 22.9 Å². The van der Waals surface area contributed by atoms with Crippen molar-refractivity contribution in [1.29, 1.82) is 0 Å². The summed E-state index contributed by atoms with van der Waals surface area (Å²) in [5.74, 6) is 1.14. The normalized spacial score (nSPS) is 11.0. The molecule has 4 rings (SSSR count). The van der Waals surface area contributed by atoms with Crippen molar-refractivity contribution in [2.45, 2.75) is 18.7 Å². The van der Waals surface area contributed by atoms with Gasteiger partial charge in [0.15, 0.2) is 5.75 Å². The number of nitrogens with one attached hydrogen (secondary N) is 1. The molecule has 0 saturated carbocycles. The number of carbonyl (C=O) groups is 1. The van der Waals surface area contributed by atoms with Crippen LogP contribution in [0.15, 0.2) is 108 Å². The number of benzene rings is 4. The van der Waals surface area contributed by atoms with Gasteiger partial charge in [-0.25, -0.2) is 8.42 Å². The molecule has 0 spiro atoms. The topological polar surface area (TPSA) is 84.9 Å². The van der Waals surface area contributed by atoms with Crippen molar-refractivity contribution in [3.8, 4) is 17.2 Å². The third-order valence-electron chi connectivity index (χ3n) is 5.46. The molecule has 1 N–H and O–H groups in total. The Kier molecular flexibility index (Phi) is 8.10. The van der Waals surface area contributed by atoms with Crippen molar-refractivity contribution in [2.75, 3.05) is 22.8 Å². The number of hydrogen-bond donors (Lipinski definition) is 1. The Balaban J connectivity index is 1.61. The predicted octanol–water partition coefficient (Wildman–Crippen LogP) is 6.02. The molecule has 1 amide bonds. The molecule has 4 aromatic rings. The highest BCUT2D eigenvalue weighted by atomic mass is 32.2. The molecule has 0 saturated heterocycles. The first-order valence-electron chi connectivity index (χ1n) is 11.8. The molecule has 0 radical (unpaired) electrons. The SMILES string of the molecule is CCOc1ccc(N(CC(=O)Nc2ccccc2Oc2ccccc2)S(=O)(=O)c2ccc(C)cc2)cc1. The molecule has 0 heterocycles. The molecule has 0 fully saturated rings. The molecule has 0 aliphatic heterocycles. The maximum absolute atomic E-state index is 13.6. The zero-order chi connectivity index (χ0) is 26.3. The van der Waals surface area contributed by atoms with Gasteiger partial charge < -0.3 is 14.8 Å². The van der Waals surface area contributed by atoms with E-state index in [0.717, 1.165) is 9.87 Å². The summed E-state index contributed by atoms with van der Waals surface area (Å²) >= 11 is 0. The van der Waals surface area contributed by atoms with Crippen LogP contribution in [0.3, 0.4) is 0 Å². The molecule has 0 bridgehead atoms. The highest BCUT2D eigenvalue weighted by Gasteiger charge is 2.27. The number of amides is 1. The van der Waals surface area contributed by atoms with Gasteiger partial charge in [0.25, 0.3) is 10.0 Å². The monoisotopic (exact) mass is 516 g/mol. The van der Waals surface area contributed by atoms with E-state index in [1.54, 1.807) is 72.8 Å². The van der Waals surface area contributed by atoms with Crippen LogP contribution in [0.25, 0.3) is 0 Å². The van der Waals surface area contributed by atoms with Crippen LogP contribution < -0.4 is 19.1 Å². The van der Waals surface area contributed by atoms with Crippen LogP contribution in [0.4, 0.5) is 11.4 Å². The number of aryl methyl sites for hydroxylation is 1. The van der Waals surface area contributed by atoms with E-state index in [-0.39, 0.29) is 4.90 Å². The molecular formula is C29H28N2O5S. The first-order chi connectivity index (χ1) is 17.9. The fraction of sp³-hybridized carbons (Fsp3) is 0.138. The lowest BCUT2D eigenvalue weighted by atomic mass is 10.2. The van der Waals surface area contributed by atoms with Crippen LogP contribution in [0.2, 0.25) is 0 Å². The van der Waals surface area contributed by atoms with Gasteiger partial charge in [0.2, 0.25) is 5.91 Å². The Bertz CT molecular complexity index is 1440. The van der Waals surface area contributed by atoms with E-state index in [9.17, 15) is 13.2 Å². The molecule has 4 aromatic carbocycles. The van der Waals surface area contributed by atoms with Crippen molar-refractivity contribution in [2.24, 2.45) is 0 Å². The summed E-state index contributed by atoms with van der Waals surface area (Å²) in [6.45, 7) is 3.79. The predicted molar refractivity (Wildman–Crippen MR) is 145 cm³/mol. The third kappa shape index (κ3) is 6.48. The fourth-order valence-corrected chi connectivity index (χ4v) is 5.04. The zero-order valence-electron chi connectivity index (χ0n) is 20.6. The second-order valence-corrected chi connectivity index (χ2v) is 10.1. The van der Waals surface area contributed by atoms with Gasteiger partial charge in [-0.05, 0) is 74.5 Å². The number of carbonyl (C=O) groups excluding carboxylic acids is 1. The molecule has 190 valence electrons. The quantitative estimate of drug-likeness (QED) is 0.279. The molecule has 0 aromatic heterocycles. The third-order valence-corrected chi connectivity index (χ3v) is 7.25. The summed E-state index contributed by atoms with van der Waals surface area (Å²) in [5.41, 5.74) is 1.70. The van der Waals surface area contributed by atoms with Crippen LogP contribution in [0, 0.1) is 6.92 Å². The fourth-order valence-electron chi connectivity index (χ4n) is 3.62. The van der Waals surface area contributed by atoms with E-state index in [1.807, 2.05) is 32.0 Å². The summed E-state index contributed by atoms with van der Waals surface area (Å²) in [6, 6.07) is 29.3. The minimum absolute atomic E-state index is 0.0904. The molecule has 0 unspecified atom stereocenters. The van der Waals surface area contributed by atoms with E-state index in [4.69, 9.17) is 9.47 Å². The number of nitrogens with zero attached hydrogens (tertiary/aromatic N) is 1. The number of rotatable bonds is 10. The maximum atomic E-state index is 13.6. The summed E-state index contributed by atoms with van der Waals surface area (Å²) in [6.07, 6.45) is 0. The van der Waals surface area contributed by atoms with Crippen LogP contribution in [0.5, 0.6) is 17.2 Å². The van der Waals surface area contributed by atoms with E-state index in [1.165, 1.54) is 12.1 Å². The van der Waals surface area contributed by atoms with Gasteiger partial charge in [-0.1, -0.05) is 48.0 Å². The largest absolute Gasteiger partial charge is 0.494 e. The molecule has 8 heteroatoms. The van der Waals surface area contributed by atoms with Gasteiger partial charge in [0, 0.05) is 0 Å². The van der Waals surface area contributed by atoms with Crippen LogP contribution in [-0.4, -0.2) is 27.5 Å². The van der Waals surface area contributed by atoms with E-state index < -0.39 is 22.5 Å². The number of ether oxygens (including phenoxy) is 2. The van der Waals surface area contributed by atoms with E-state index in [0.29, 0.717) is 35.2 Å². The van der Waals surface area contributed by atoms with E-state index in [2.05, 4.69) is 5.32 Å². The van der Waals surface area contributed by atoms with Crippen molar-refractivity contribution < 1.29 is 22.7 Å². The van der Waals surface area contributed by atoms with Crippen LogP contribution in [0.1, 0.15) is 12.5 Å². The molecule has 0 aliphatic carbocycles. The average Bonchev–Trinajstić information content (AvgIpc) is 2.90. The van der Waals surface area contributed by atoms with Gasteiger partial charge in [-0.15, -0.1) is 0 Å². The summed E-state index contributed by atoms with van der Waals surface area (Å²) in [5, 5.41) is 2.80. The minimum atomic E-state index is -4.04. The Labute approximate surface area is 217 Å². The first kappa shape index (κ1) is 25.8. The van der Waals surface area contributed by atoms with Crippen molar-refractivity contribution in [3.63, 3.8) is 0 Å². The highest BCUT2D eigenvalue weighted by Crippen LogP contribution is 2.30. The Hall–Kier alpha value is -4.30. The Morgan fingerprint density at radius 2 is 1.46 bits per heavy atom. The van der Waals surface area contributed by atoms with Crippen LogP contribution in [-0.2, 0) is 14.8 Å². The second-order valence-electron chi connectivity index (χ2n) is 8.21. The second kappa shape index (κ2) is 11.6. The van der Waals surface area contributed by atoms with Gasteiger partial charge >= 0.3 is 0 Å². The molecule has 37 heavy (non-hydrogen) atoms. The smallest absolute Gasteiger partial charge is 0.264 e. The zero-order valence-corrected chi connectivity index (χ0v) is 21.4. The molecule has 0 atom stereocenters. The lowest BCUT2D eigenvalue weighted by molar-refractivity contribution is -0.114. The number of sulfonamides is 1. The molecule has 0 aliphatic rings. The summed E-state index contributed by atoms with van der Waals surface area (Å²) in [7, 11) is -4.04. The maximum Gasteiger partial charge on any atom is 0.264 e. The lowest BCUT2D eigenvalue weighted by Gasteiger charge is -2.24. The minimum Gasteiger partial charge on any atom is -0.494 e. The van der Waals surface area contributed by atoms with Crippen molar-refractivity contribution in [1.82, 2.24) is 0 Å². The average molecular weight is 517 g/mol. The standard InChI is InChI=1S/C29H28N2O5S/c1-3-35-24-17-15-23(16-18-24)31(37(33,34)26-19-13-22(2)14-20-26)21-29(32)30-27-11-7-8-12-28(27)36-25-9-5-4-6-10-25/h4-20H,3,21H2,1-2H3,(H,30,32). The first-order valence-corrected chi connectivity index (χ1v) is 13.2. The number of anilines is 2. The summed E-state index contributed by atoms with van der Waals surface area (Å²) < 4.78 is 39.8. The summed E-state index contributed by atoms with van der Waals surface area (Å²) in [4.78, 5) is 13.3. The number of para-hydroxylation sites is 3. The van der Waals surface area contributed by atoms with Crippen molar-refractivity contribution >= 4 is 27.3 Å². The van der Waals surface area contributed by atoms with Gasteiger partial charge in [-0.2, -0.15) is 0 Å². The van der Waals surface area contributed by atoms with Gasteiger partial charge in [0.1, 0.15) is 18.0 Å². The van der Waals surface area contributed by atoms with E-state index >= 15 is 0 Å². The highest BCUT2D eigenvalue weighted by molar-refractivity contribution is 7.92. The Morgan fingerprint density at radius 1 is 0.811 bits per heavy atom. The Morgan fingerprint density at radius 3 is 2.14 bits per heavy atom.